The molecule has 3 saturated heterocycles. The number of aliphatic carboxylic acids is 1. The lowest BCUT2D eigenvalue weighted by molar-refractivity contribution is -0.257. The van der Waals surface area contributed by atoms with Crippen LogP contribution in [0.4, 0.5) is 0 Å². The van der Waals surface area contributed by atoms with Crippen molar-refractivity contribution in [3.63, 3.8) is 0 Å². The van der Waals surface area contributed by atoms with E-state index in [4.69, 9.17) is 53.1 Å². The van der Waals surface area contributed by atoms with Crippen molar-refractivity contribution in [3.05, 3.63) is 0 Å². The van der Waals surface area contributed by atoms with Gasteiger partial charge in [0.05, 0.1) is 12.5 Å². The topological polar surface area (TPSA) is 458 Å². The number of likely N-dealkylation sites (tertiary alicyclic amines) is 1. The summed E-state index contributed by atoms with van der Waals surface area (Å²) in [6.07, 6.45) is -14.3. The molecule has 3 heterocycles. The second-order valence-electron chi connectivity index (χ2n) is 21.8. The van der Waals surface area contributed by atoms with E-state index in [1.54, 1.807) is 34.0 Å². The van der Waals surface area contributed by atoms with Gasteiger partial charge >= 0.3 is 53.7 Å². The van der Waals surface area contributed by atoms with Crippen LogP contribution < -0.4 is 32.3 Å². The van der Waals surface area contributed by atoms with E-state index in [0.717, 1.165) is 60.3 Å². The van der Waals surface area contributed by atoms with Gasteiger partial charge in [0.15, 0.2) is 42.9 Å². The van der Waals surface area contributed by atoms with E-state index in [2.05, 4.69) is 26.6 Å². The van der Waals surface area contributed by atoms with E-state index >= 15 is 4.79 Å². The van der Waals surface area contributed by atoms with Gasteiger partial charge < -0.3 is 89.7 Å². The number of carboxylic acid groups (broad SMARTS) is 1. The minimum atomic E-state index is -2.12. The van der Waals surface area contributed by atoms with Crippen molar-refractivity contribution in [3.8, 4) is 0 Å². The second-order valence-corrected chi connectivity index (χ2v) is 23.9. The first-order valence-corrected chi connectivity index (χ1v) is 31.0. The maximum absolute atomic E-state index is 15.0. The number of esters is 8. The summed E-state index contributed by atoms with van der Waals surface area (Å²) in [5.74, 6) is -16.8. The molecule has 0 aromatic rings. The molecule has 8 N–H and O–H groups in total. The number of ether oxygens (including phenoxy) is 10. The minimum absolute atomic E-state index is 0.0777. The monoisotopic (exact) mass is 1320 g/mol. The lowest BCUT2D eigenvalue weighted by atomic mass is 9.97. The van der Waals surface area contributed by atoms with Crippen LogP contribution in [0.3, 0.4) is 0 Å². The number of carbonyl (C=O) groups is 15. The van der Waals surface area contributed by atoms with Crippen LogP contribution in [0.25, 0.3) is 0 Å². The normalized spacial score (nSPS) is 24.6. The molecule has 0 unspecified atom stereocenters. The van der Waals surface area contributed by atoms with Crippen molar-refractivity contribution < 1.29 is 124 Å². The third kappa shape index (κ3) is 24.1. The summed E-state index contributed by atoms with van der Waals surface area (Å²) in [6.45, 7) is 13.0. The van der Waals surface area contributed by atoms with E-state index in [0.29, 0.717) is 18.2 Å². The zero-order valence-corrected chi connectivity index (χ0v) is 53.9. The summed E-state index contributed by atoms with van der Waals surface area (Å²) in [7, 11) is 0. The molecule has 3 aliphatic heterocycles. The SMILES string of the molecule is CSCC[C@H](NC(=O)[C@H](CC(=O)N[C@@H]1O[C@H](COC(C)=O)[C@H](OC(C)=O)[C@H](OC(C)=O)[C@H]1OC(C)=O)NC(=O)[C@H](CS[C@@H]1O[C@H](COC(C)=O)[C@H](OC(C)=O)[C@H](OC(C)=O)[C@H]1OC(C)=O)NC(=O)[C@@H](N)C(C)C)C(=O)N[C@H](C(=O)N1CCC[C@H]1C(=O)O)C(C)C. The molecule has 3 fully saturated rings. The fraction of sp³-hybridized carbons (Fsp3) is 0.727. The first-order valence-electron chi connectivity index (χ1n) is 28.6. The number of amides is 6. The summed E-state index contributed by atoms with van der Waals surface area (Å²) < 4.78 is 55.5. The van der Waals surface area contributed by atoms with Crippen molar-refractivity contribution in [1.82, 2.24) is 31.5 Å². The molecule has 0 spiro atoms. The molecule has 506 valence electrons. The Kier molecular flexibility index (Phi) is 31.2. The Balaban J connectivity index is 2.26. The summed E-state index contributed by atoms with van der Waals surface area (Å²) in [4.78, 5) is 200. The number of carbonyl (C=O) groups excluding carboxylic acids is 14. The van der Waals surface area contributed by atoms with Crippen LogP contribution in [0.15, 0.2) is 0 Å². The van der Waals surface area contributed by atoms with Gasteiger partial charge in [-0.25, -0.2) is 4.79 Å². The van der Waals surface area contributed by atoms with Crippen molar-refractivity contribution >= 4 is 113 Å². The highest BCUT2D eigenvalue weighted by Crippen LogP contribution is 2.35. The van der Waals surface area contributed by atoms with E-state index in [9.17, 15) is 72.2 Å². The summed E-state index contributed by atoms with van der Waals surface area (Å²) >= 11 is 1.87. The zero-order chi connectivity index (χ0) is 68.0. The average molecular weight is 1320 g/mol. The number of hydrogen-bond donors (Lipinski definition) is 7. The van der Waals surface area contributed by atoms with Crippen molar-refractivity contribution in [2.24, 2.45) is 17.6 Å². The van der Waals surface area contributed by atoms with Gasteiger partial charge in [0.2, 0.25) is 35.4 Å². The van der Waals surface area contributed by atoms with Crippen LogP contribution in [0, 0.1) is 11.8 Å². The van der Waals surface area contributed by atoms with E-state index < -0.39 is 223 Å². The highest BCUT2D eigenvalue weighted by Gasteiger charge is 2.55. The predicted octanol–water partition coefficient (Wildman–Crippen LogP) is -2.20. The third-order valence-corrected chi connectivity index (χ3v) is 15.5. The van der Waals surface area contributed by atoms with Crippen LogP contribution in [0.5, 0.6) is 0 Å². The Hall–Kier alpha value is -7.37. The molecule has 6 amide bonds. The first-order chi connectivity index (χ1) is 42.1. The van der Waals surface area contributed by atoms with Gasteiger partial charge in [0.1, 0.15) is 61.1 Å². The summed E-state index contributed by atoms with van der Waals surface area (Å²) in [5, 5.41) is 22.3. The third-order valence-electron chi connectivity index (χ3n) is 13.6. The van der Waals surface area contributed by atoms with Gasteiger partial charge in [-0.3, -0.25) is 67.1 Å². The quantitative estimate of drug-likeness (QED) is 0.0286. The van der Waals surface area contributed by atoms with Gasteiger partial charge in [-0.1, -0.05) is 27.7 Å². The number of nitrogens with two attached hydrogens (primary N) is 1. The van der Waals surface area contributed by atoms with E-state index in [1.165, 1.54) is 11.8 Å². The second kappa shape index (κ2) is 36.5. The lowest BCUT2D eigenvalue weighted by Crippen LogP contribution is -2.66. The van der Waals surface area contributed by atoms with Crippen LogP contribution in [0.1, 0.15) is 109 Å². The van der Waals surface area contributed by atoms with Gasteiger partial charge in [-0.2, -0.15) is 11.8 Å². The van der Waals surface area contributed by atoms with Crippen LogP contribution in [0.2, 0.25) is 0 Å². The highest BCUT2D eigenvalue weighted by atomic mass is 32.2. The molecule has 90 heavy (non-hydrogen) atoms. The Morgan fingerprint density at radius 3 is 1.48 bits per heavy atom. The molecule has 35 heteroatoms. The van der Waals surface area contributed by atoms with Crippen molar-refractivity contribution in [1.29, 1.82) is 0 Å². The van der Waals surface area contributed by atoms with Gasteiger partial charge in [0.25, 0.3) is 0 Å². The lowest BCUT2D eigenvalue weighted by Gasteiger charge is -2.44. The fourth-order valence-corrected chi connectivity index (χ4v) is 11.2. The number of carboxylic acids is 1. The molecule has 0 aliphatic carbocycles. The maximum Gasteiger partial charge on any atom is 0.326 e. The number of rotatable bonds is 31. The molecule has 3 rings (SSSR count). The summed E-state index contributed by atoms with van der Waals surface area (Å²) in [6, 6.07) is -9.33. The Morgan fingerprint density at radius 1 is 0.556 bits per heavy atom. The fourth-order valence-electron chi connectivity index (χ4n) is 9.51. The molecular weight excluding hydrogens is 1240 g/mol. The minimum Gasteiger partial charge on any atom is -0.480 e. The molecule has 0 aromatic heterocycles. The highest BCUT2D eigenvalue weighted by molar-refractivity contribution is 7.99. The van der Waals surface area contributed by atoms with Crippen LogP contribution in [-0.4, -0.2) is 233 Å². The number of hydrogen-bond acceptors (Lipinski definition) is 28. The van der Waals surface area contributed by atoms with Gasteiger partial charge in [-0.05, 0) is 43.1 Å². The van der Waals surface area contributed by atoms with E-state index in [1.807, 2.05) is 0 Å². The van der Waals surface area contributed by atoms with Crippen molar-refractivity contribution in [2.45, 2.75) is 206 Å². The van der Waals surface area contributed by atoms with E-state index in [-0.39, 0.29) is 25.1 Å². The van der Waals surface area contributed by atoms with Crippen molar-refractivity contribution in [2.75, 3.05) is 37.5 Å². The standard InChI is InChI=1S/C55H83N7O26S2/c1-23(2)40(56)51(75)59-35(22-90-55-47(86-32(12)70)45(84-30(10)68)43(82-28(8)66)38(88-55)21-80-26(6)64)50(74)58-34(49(73)57-33(16-18-89-13)48(72)61-41(24(3)4)53(76)62-17-14-15-36(62)54(77)78)19-39(71)60-52-46(85-31(11)69)44(83-29(9)67)42(81-27(7)65)37(87-52)20-79-25(5)63/h23-24,33-38,40-47,52,55H,14-22,56H2,1-13H3,(H,57,73)(H,58,74)(H,59,75)(H,60,71)(H,61,72)(H,77,78)/t33-,34-,35-,36-,37+,38+,40-,41-,42-,43-,44-,45-,46+,47+,52+,55-/m0/s1. The number of nitrogens with one attached hydrogen (secondary N) is 5. The smallest absolute Gasteiger partial charge is 0.326 e. The molecular formula is C55H83N7O26S2. The Labute approximate surface area is 527 Å². The average Bonchev–Trinajstić information content (AvgIpc) is 1.01. The van der Waals surface area contributed by atoms with Gasteiger partial charge in [0, 0.05) is 67.7 Å². The first kappa shape index (κ1) is 76.9. The molecule has 33 nitrogen and oxygen atoms in total. The summed E-state index contributed by atoms with van der Waals surface area (Å²) in [5.41, 5.74) is 4.70. The van der Waals surface area contributed by atoms with Crippen LogP contribution >= 0.6 is 23.5 Å². The maximum atomic E-state index is 15.0. The predicted molar refractivity (Wildman–Crippen MR) is 310 cm³/mol. The van der Waals surface area contributed by atoms with Crippen LogP contribution in [-0.2, 0) is 119 Å². The molecule has 16 atom stereocenters. The number of thioether (sulfide) groups is 2. The largest absolute Gasteiger partial charge is 0.480 e. The molecule has 0 aromatic carbocycles. The molecule has 0 radical (unpaired) electrons. The zero-order valence-electron chi connectivity index (χ0n) is 52.3. The Bertz CT molecular complexity index is 2630. The Morgan fingerprint density at radius 2 is 1.00 bits per heavy atom. The molecule has 0 bridgehead atoms. The molecule has 3 aliphatic rings. The number of nitrogens with zero attached hydrogens (tertiary/aromatic N) is 1. The van der Waals surface area contributed by atoms with Gasteiger partial charge in [-0.15, -0.1) is 11.8 Å². The molecule has 0 saturated carbocycles.